The Morgan fingerprint density at radius 3 is 2.13 bits per heavy atom. The van der Waals surface area contributed by atoms with Crippen molar-refractivity contribution in [3.8, 4) is 0 Å². The number of amides is 2. The Labute approximate surface area is 231 Å². The van der Waals surface area contributed by atoms with E-state index in [-0.39, 0.29) is 28.7 Å². The molecular weight excluding hydrogens is 573 g/mol. The number of carbonyl (C=O) groups is 2. The van der Waals surface area contributed by atoms with E-state index < -0.39 is 40.2 Å². The predicted octanol–water partition coefficient (Wildman–Crippen LogP) is 5.03. The van der Waals surface area contributed by atoms with Crippen LogP contribution in [0, 0.1) is 12.7 Å². The number of aryl methyl sites for hydroxylation is 1. The molecule has 0 aliphatic heterocycles. The number of halogens is 2. The fourth-order valence-electron chi connectivity index (χ4n) is 3.77. The van der Waals surface area contributed by atoms with Crippen LogP contribution in [0.2, 0.25) is 0 Å². The summed E-state index contributed by atoms with van der Waals surface area (Å²) in [4.78, 5) is 27.9. The molecule has 0 aliphatic carbocycles. The second-order valence-corrected chi connectivity index (χ2v) is 12.0. The van der Waals surface area contributed by atoms with E-state index in [1.165, 1.54) is 42.2 Å². The number of rotatable bonds is 10. The number of benzene rings is 3. The Kier molecular flexibility index (Phi) is 9.67. The quantitative estimate of drug-likeness (QED) is 0.352. The number of nitrogens with zero attached hydrogens (tertiary/aromatic N) is 2. The first-order valence-corrected chi connectivity index (χ1v) is 14.3. The lowest BCUT2D eigenvalue weighted by atomic mass is 10.1. The smallest absolute Gasteiger partial charge is 0.264 e. The van der Waals surface area contributed by atoms with Crippen LogP contribution in [-0.2, 0) is 26.2 Å². The van der Waals surface area contributed by atoms with Crippen LogP contribution in [0.3, 0.4) is 0 Å². The summed E-state index contributed by atoms with van der Waals surface area (Å²) >= 11 is 3.35. The van der Waals surface area contributed by atoms with Gasteiger partial charge < -0.3 is 10.2 Å². The van der Waals surface area contributed by atoms with Gasteiger partial charge in [-0.2, -0.15) is 0 Å². The van der Waals surface area contributed by atoms with Gasteiger partial charge in [0.25, 0.3) is 10.0 Å². The zero-order chi connectivity index (χ0) is 28.0. The summed E-state index contributed by atoms with van der Waals surface area (Å²) in [5, 5.41) is 2.77. The third kappa shape index (κ3) is 7.20. The maximum atomic E-state index is 14.5. The minimum atomic E-state index is -4.16. The van der Waals surface area contributed by atoms with Crippen molar-refractivity contribution in [2.75, 3.05) is 10.8 Å². The van der Waals surface area contributed by atoms with E-state index in [0.29, 0.717) is 0 Å². The molecule has 0 aromatic heterocycles. The molecule has 38 heavy (non-hydrogen) atoms. The SMILES string of the molecule is Cc1ccc(S(=O)(=O)N(CC(=O)N(Cc2ccccc2F)C(C)C(=O)NC(C)C)c2ccc(Br)cc2)cc1. The second kappa shape index (κ2) is 12.5. The number of hydrogen-bond acceptors (Lipinski definition) is 4. The summed E-state index contributed by atoms with van der Waals surface area (Å²) < 4.78 is 43.8. The summed E-state index contributed by atoms with van der Waals surface area (Å²) in [6.45, 7) is 6.15. The van der Waals surface area contributed by atoms with Gasteiger partial charge in [-0.15, -0.1) is 0 Å². The average molecular weight is 605 g/mol. The Bertz CT molecular complexity index is 1380. The topological polar surface area (TPSA) is 86.8 Å². The standard InChI is InChI=1S/C28H31BrFN3O4S/c1-19(2)31-28(35)21(4)32(17-22-7-5-6-8-26(22)30)27(34)18-33(24-13-11-23(29)12-14-24)38(36,37)25-15-9-20(3)10-16-25/h5-16,19,21H,17-18H2,1-4H3,(H,31,35). The Morgan fingerprint density at radius 1 is 0.947 bits per heavy atom. The highest BCUT2D eigenvalue weighted by Gasteiger charge is 2.33. The lowest BCUT2D eigenvalue weighted by Gasteiger charge is -2.32. The normalized spacial score (nSPS) is 12.2. The second-order valence-electron chi connectivity index (χ2n) is 9.25. The van der Waals surface area contributed by atoms with Crippen LogP contribution < -0.4 is 9.62 Å². The summed E-state index contributed by atoms with van der Waals surface area (Å²) in [5.74, 6) is -1.61. The van der Waals surface area contributed by atoms with E-state index in [2.05, 4.69) is 21.2 Å². The molecule has 0 spiro atoms. The molecule has 3 aromatic carbocycles. The van der Waals surface area contributed by atoms with Crippen LogP contribution in [0.25, 0.3) is 0 Å². The van der Waals surface area contributed by atoms with Gasteiger partial charge in [-0.05, 0) is 70.2 Å². The first-order valence-electron chi connectivity index (χ1n) is 12.1. The molecular formula is C28H31BrFN3O4S. The van der Waals surface area contributed by atoms with Crippen LogP contribution in [-0.4, -0.2) is 43.8 Å². The van der Waals surface area contributed by atoms with Gasteiger partial charge in [0.05, 0.1) is 10.6 Å². The highest BCUT2D eigenvalue weighted by atomic mass is 79.9. The maximum Gasteiger partial charge on any atom is 0.264 e. The van der Waals surface area contributed by atoms with E-state index in [1.54, 1.807) is 56.3 Å². The Morgan fingerprint density at radius 2 is 1.55 bits per heavy atom. The monoisotopic (exact) mass is 603 g/mol. The number of anilines is 1. The summed E-state index contributed by atoms with van der Waals surface area (Å²) in [5.41, 5.74) is 1.37. The molecule has 1 unspecified atom stereocenters. The number of nitrogens with one attached hydrogen (secondary N) is 1. The summed E-state index contributed by atoms with van der Waals surface area (Å²) in [6, 6.07) is 17.6. The minimum absolute atomic E-state index is 0.0186. The van der Waals surface area contributed by atoms with Crippen molar-refractivity contribution in [3.63, 3.8) is 0 Å². The van der Waals surface area contributed by atoms with Gasteiger partial charge in [-0.3, -0.25) is 13.9 Å². The first kappa shape index (κ1) is 29.3. The molecule has 7 nitrogen and oxygen atoms in total. The number of hydrogen-bond donors (Lipinski definition) is 1. The van der Waals surface area contributed by atoms with Gasteiger partial charge in [0, 0.05) is 22.6 Å². The van der Waals surface area contributed by atoms with Gasteiger partial charge >= 0.3 is 0 Å². The van der Waals surface area contributed by atoms with E-state index in [0.717, 1.165) is 14.3 Å². The fourth-order valence-corrected chi connectivity index (χ4v) is 5.45. The van der Waals surface area contributed by atoms with Crippen molar-refractivity contribution in [2.45, 2.75) is 51.2 Å². The number of carbonyl (C=O) groups excluding carboxylic acids is 2. The molecule has 3 rings (SSSR count). The van der Waals surface area contributed by atoms with Crippen LogP contribution in [0.15, 0.2) is 82.2 Å². The lowest BCUT2D eigenvalue weighted by Crippen LogP contribution is -2.52. The number of sulfonamides is 1. The van der Waals surface area contributed by atoms with Crippen molar-refractivity contribution in [1.82, 2.24) is 10.2 Å². The molecule has 10 heteroatoms. The van der Waals surface area contributed by atoms with Crippen molar-refractivity contribution in [1.29, 1.82) is 0 Å². The molecule has 1 N–H and O–H groups in total. The van der Waals surface area contributed by atoms with Gasteiger partial charge in [-0.1, -0.05) is 51.8 Å². The predicted molar refractivity (Wildman–Crippen MR) is 150 cm³/mol. The van der Waals surface area contributed by atoms with Crippen LogP contribution >= 0.6 is 15.9 Å². The largest absolute Gasteiger partial charge is 0.352 e. The molecule has 0 saturated carbocycles. The Balaban J connectivity index is 2.03. The van der Waals surface area contributed by atoms with Crippen molar-refractivity contribution >= 4 is 43.5 Å². The maximum absolute atomic E-state index is 14.5. The molecule has 0 aliphatic rings. The Hall–Kier alpha value is -3.24. The minimum Gasteiger partial charge on any atom is -0.352 e. The van der Waals surface area contributed by atoms with Crippen LogP contribution in [0.5, 0.6) is 0 Å². The molecule has 1 atom stereocenters. The highest BCUT2D eigenvalue weighted by Crippen LogP contribution is 2.26. The van der Waals surface area contributed by atoms with Gasteiger partial charge in [0.1, 0.15) is 18.4 Å². The third-order valence-electron chi connectivity index (χ3n) is 5.90. The van der Waals surface area contributed by atoms with E-state index >= 15 is 0 Å². The average Bonchev–Trinajstić information content (AvgIpc) is 2.86. The molecule has 0 radical (unpaired) electrons. The first-order chi connectivity index (χ1) is 17.9. The van der Waals surface area contributed by atoms with Crippen molar-refractivity contribution in [3.05, 3.63) is 94.2 Å². The molecule has 3 aromatic rings. The van der Waals surface area contributed by atoms with Gasteiger partial charge in [-0.25, -0.2) is 12.8 Å². The van der Waals surface area contributed by atoms with Crippen LogP contribution in [0.4, 0.5) is 10.1 Å². The summed E-state index contributed by atoms with van der Waals surface area (Å²) in [7, 11) is -4.16. The molecule has 202 valence electrons. The van der Waals surface area contributed by atoms with E-state index in [4.69, 9.17) is 0 Å². The molecule has 0 saturated heterocycles. The lowest BCUT2D eigenvalue weighted by molar-refractivity contribution is -0.139. The summed E-state index contributed by atoms with van der Waals surface area (Å²) in [6.07, 6.45) is 0. The fraction of sp³-hybridized carbons (Fsp3) is 0.286. The molecule has 2 amide bonds. The van der Waals surface area contributed by atoms with Crippen LogP contribution in [0.1, 0.15) is 31.9 Å². The molecule has 0 fully saturated rings. The van der Waals surface area contributed by atoms with Crippen molar-refractivity contribution in [2.24, 2.45) is 0 Å². The molecule has 0 heterocycles. The van der Waals surface area contributed by atoms with Crippen molar-refractivity contribution < 1.29 is 22.4 Å². The zero-order valence-corrected chi connectivity index (χ0v) is 24.1. The van der Waals surface area contributed by atoms with Gasteiger partial charge in [0.15, 0.2) is 0 Å². The van der Waals surface area contributed by atoms with E-state index in [9.17, 15) is 22.4 Å². The van der Waals surface area contributed by atoms with E-state index in [1.807, 2.05) is 6.92 Å². The van der Waals surface area contributed by atoms with Gasteiger partial charge in [0.2, 0.25) is 11.8 Å². The zero-order valence-electron chi connectivity index (χ0n) is 21.7. The molecule has 0 bridgehead atoms. The highest BCUT2D eigenvalue weighted by molar-refractivity contribution is 9.10. The third-order valence-corrected chi connectivity index (χ3v) is 8.22.